The molecular formula is C50H62N2O9S. The summed E-state index contributed by atoms with van der Waals surface area (Å²) >= 11 is 1.68. The van der Waals surface area contributed by atoms with E-state index in [-0.39, 0.29) is 56.2 Å². The first-order valence-electron chi connectivity index (χ1n) is 22.3. The summed E-state index contributed by atoms with van der Waals surface area (Å²) in [6.07, 6.45) is 12.9. The van der Waals surface area contributed by atoms with Crippen molar-refractivity contribution in [1.29, 1.82) is 0 Å². The third-order valence-corrected chi connectivity index (χ3v) is 13.5. The predicted octanol–water partition coefficient (Wildman–Crippen LogP) is 9.80. The van der Waals surface area contributed by atoms with Crippen molar-refractivity contribution in [3.8, 4) is 28.7 Å². The van der Waals surface area contributed by atoms with Gasteiger partial charge in [-0.1, -0.05) is 36.2 Å². The van der Waals surface area contributed by atoms with Gasteiger partial charge in [0.25, 0.3) is 0 Å². The zero-order chi connectivity index (χ0) is 43.4. The third-order valence-electron chi connectivity index (χ3n) is 12.7. The van der Waals surface area contributed by atoms with E-state index in [2.05, 4.69) is 37.1 Å². The molecular weight excluding hydrogens is 805 g/mol. The van der Waals surface area contributed by atoms with Gasteiger partial charge in [-0.15, -0.1) is 18.3 Å². The van der Waals surface area contributed by atoms with Crippen LogP contribution in [-0.2, 0) is 20.9 Å². The number of ether oxygens (including phenoxy) is 5. The second-order valence-corrected chi connectivity index (χ2v) is 19.1. The van der Waals surface area contributed by atoms with Crippen molar-refractivity contribution in [3.63, 3.8) is 0 Å². The Morgan fingerprint density at radius 1 is 0.952 bits per heavy atom. The maximum absolute atomic E-state index is 14.9. The Kier molecular flexibility index (Phi) is 13.6. The second kappa shape index (κ2) is 19.1. The lowest BCUT2D eigenvalue weighted by molar-refractivity contribution is -0.258. The number of nitrogens with zero attached hydrogens (tertiary/aromatic N) is 2. The number of amides is 1. The molecule has 62 heavy (non-hydrogen) atoms. The number of rotatable bonds is 19. The fraction of sp³-hybridized carbons (Fsp3) is 0.520. The van der Waals surface area contributed by atoms with Crippen LogP contribution in [0.15, 0.2) is 95.0 Å². The van der Waals surface area contributed by atoms with Gasteiger partial charge in [0, 0.05) is 48.5 Å². The van der Waals surface area contributed by atoms with E-state index in [1.165, 1.54) is 0 Å². The lowest BCUT2D eigenvalue weighted by Gasteiger charge is -2.60. The first-order valence-corrected chi connectivity index (χ1v) is 23.6. The molecule has 2 aliphatic heterocycles. The molecule has 2 N–H and O–H groups in total. The molecule has 3 aliphatic carbocycles. The van der Waals surface area contributed by atoms with E-state index in [4.69, 9.17) is 33.7 Å². The molecule has 1 amide bonds. The monoisotopic (exact) mass is 866 g/mol. The number of thioether (sulfide) groups is 1. The fourth-order valence-corrected chi connectivity index (χ4v) is 10.2. The zero-order valence-electron chi connectivity index (χ0n) is 36.6. The highest BCUT2D eigenvalue weighted by Crippen LogP contribution is 2.62. The number of benzene rings is 3. The molecule has 0 aromatic heterocycles. The van der Waals surface area contributed by atoms with Gasteiger partial charge >= 0.3 is 0 Å². The highest BCUT2D eigenvalue weighted by Gasteiger charge is 2.66. The van der Waals surface area contributed by atoms with Crippen molar-refractivity contribution in [2.45, 2.75) is 113 Å². The van der Waals surface area contributed by atoms with Crippen molar-refractivity contribution in [2.75, 3.05) is 32.9 Å². The molecule has 12 heteroatoms. The number of hydrogen-bond donors (Lipinski definition) is 2. The summed E-state index contributed by atoms with van der Waals surface area (Å²) in [6.45, 7) is 10.9. The Morgan fingerprint density at radius 3 is 2.39 bits per heavy atom. The zero-order valence-corrected chi connectivity index (χ0v) is 37.4. The summed E-state index contributed by atoms with van der Waals surface area (Å²) in [4.78, 5) is 24.4. The van der Waals surface area contributed by atoms with E-state index >= 15 is 0 Å². The SMILES string of the molecule is C=CCO[C@@]12Oc3ccc(Oc4ccc(SC)cc4)cc3[C@H]3[C@H](CCCCO)[C@@H](CCCCO)C=C(C(=NOC(C)(C)C)C[C@@H]1N(Cc1ccc4c(c1)OCO4)C(=O)C1CC1)[C@H]32. The molecule has 0 bridgehead atoms. The molecule has 332 valence electrons. The lowest BCUT2D eigenvalue weighted by atomic mass is 9.55. The van der Waals surface area contributed by atoms with E-state index in [1.54, 1.807) is 17.8 Å². The summed E-state index contributed by atoms with van der Waals surface area (Å²) in [7, 11) is 0. The number of oxime groups is 1. The minimum absolute atomic E-state index is 0.0529. The topological polar surface area (TPSA) is 129 Å². The molecule has 0 spiro atoms. The first kappa shape index (κ1) is 44.1. The van der Waals surface area contributed by atoms with Crippen molar-refractivity contribution in [3.05, 3.63) is 96.1 Å². The van der Waals surface area contributed by atoms with Crippen molar-refractivity contribution in [2.24, 2.45) is 28.8 Å². The molecule has 0 unspecified atom stereocenters. The standard InChI is InChI=1S/C50H62N2O9S/c1-6-25-58-50-45(52(48(55)33-14-15-33)30-32-13-21-43-44(26-32)57-31-56-43)29-41(51-61-49(2,3)4)39-27-34(11-7-9-23-53)38(12-8-10-24-54)46(47(39)50)40-28-36(18-22-42(40)60-50)59-35-16-19-37(62-5)20-17-35/h6,13,16-22,26-28,33-34,38,45-47,53-54H,1,7-12,14-15,23-25,29-31H2,2-5H3/t34-,38+,45-,46+,47+,50+/m0/s1. The van der Waals surface area contributed by atoms with Crippen LogP contribution in [0.4, 0.5) is 0 Å². The minimum Gasteiger partial charge on any atom is -0.459 e. The molecule has 11 nitrogen and oxygen atoms in total. The van der Waals surface area contributed by atoms with Crippen LogP contribution in [0.2, 0.25) is 0 Å². The van der Waals surface area contributed by atoms with Gasteiger partial charge in [-0.05, 0) is 143 Å². The third kappa shape index (κ3) is 9.39. The van der Waals surface area contributed by atoms with E-state index in [0.29, 0.717) is 48.8 Å². The van der Waals surface area contributed by atoms with Crippen LogP contribution in [0.1, 0.15) is 95.6 Å². The number of allylic oxidation sites excluding steroid dienone is 1. The average Bonchev–Trinajstić information content (AvgIpc) is 4.02. The van der Waals surface area contributed by atoms with Crippen LogP contribution >= 0.6 is 11.8 Å². The van der Waals surface area contributed by atoms with E-state index in [0.717, 1.165) is 71.6 Å². The van der Waals surface area contributed by atoms with E-state index < -0.39 is 23.3 Å². The average molecular weight is 867 g/mol. The highest BCUT2D eigenvalue weighted by atomic mass is 32.2. The Balaban J connectivity index is 1.33. The van der Waals surface area contributed by atoms with Gasteiger partial charge in [-0.25, -0.2) is 0 Å². The predicted molar refractivity (Wildman–Crippen MR) is 240 cm³/mol. The molecule has 8 rings (SSSR count). The van der Waals surface area contributed by atoms with Crippen molar-refractivity contribution >= 4 is 23.4 Å². The van der Waals surface area contributed by atoms with Gasteiger partial charge in [0.2, 0.25) is 18.5 Å². The summed E-state index contributed by atoms with van der Waals surface area (Å²) in [5.74, 6) is 1.63. The number of carbonyl (C=O) groups excluding carboxylic acids is 1. The van der Waals surface area contributed by atoms with Crippen LogP contribution in [-0.4, -0.2) is 77.0 Å². The van der Waals surface area contributed by atoms with Crippen LogP contribution < -0.4 is 18.9 Å². The maximum Gasteiger partial charge on any atom is 0.239 e. The minimum atomic E-state index is -1.36. The molecule has 0 radical (unpaired) electrons. The Labute approximate surface area is 370 Å². The van der Waals surface area contributed by atoms with Gasteiger partial charge in [-0.2, -0.15) is 0 Å². The largest absolute Gasteiger partial charge is 0.459 e. The molecule has 2 saturated carbocycles. The van der Waals surface area contributed by atoms with E-state index in [9.17, 15) is 15.0 Å². The molecule has 3 aromatic rings. The van der Waals surface area contributed by atoms with Crippen molar-refractivity contribution < 1.29 is 43.5 Å². The molecule has 5 aliphatic rings. The maximum atomic E-state index is 14.9. The smallest absolute Gasteiger partial charge is 0.239 e. The number of hydrogen-bond acceptors (Lipinski definition) is 11. The lowest BCUT2D eigenvalue weighted by Crippen LogP contribution is -2.70. The first-order chi connectivity index (χ1) is 30.0. The van der Waals surface area contributed by atoms with Gasteiger partial charge in [0.05, 0.1) is 18.2 Å². The number of aliphatic hydroxyl groups is 2. The van der Waals surface area contributed by atoms with Crippen LogP contribution in [0.3, 0.4) is 0 Å². The fourth-order valence-electron chi connectivity index (χ4n) is 9.83. The number of aliphatic hydroxyl groups excluding tert-OH is 2. The quantitative estimate of drug-likeness (QED) is 0.0520. The van der Waals surface area contributed by atoms with Crippen molar-refractivity contribution in [1.82, 2.24) is 4.90 Å². The van der Waals surface area contributed by atoms with E-state index in [1.807, 2.05) is 68.1 Å². The van der Waals surface area contributed by atoms with Crippen LogP contribution in [0, 0.1) is 23.7 Å². The second-order valence-electron chi connectivity index (χ2n) is 18.2. The normalized spacial score (nSPS) is 25.3. The molecule has 2 fully saturated rings. The molecule has 6 atom stereocenters. The molecule has 0 saturated heterocycles. The Bertz CT molecular complexity index is 2130. The number of carbonyl (C=O) groups is 1. The molecule has 2 heterocycles. The number of unbranched alkanes of at least 4 members (excludes halogenated alkanes) is 2. The highest BCUT2D eigenvalue weighted by molar-refractivity contribution is 7.98. The van der Waals surface area contributed by atoms with Crippen LogP contribution in [0.25, 0.3) is 0 Å². The summed E-state index contributed by atoms with van der Waals surface area (Å²) in [5.41, 5.74) is 3.10. The Morgan fingerprint density at radius 2 is 1.68 bits per heavy atom. The number of fused-ring (bicyclic) bond motifs is 3. The van der Waals surface area contributed by atoms with Crippen LogP contribution in [0.5, 0.6) is 28.7 Å². The van der Waals surface area contributed by atoms with Gasteiger partial charge in [0.1, 0.15) is 28.9 Å². The Hall–Kier alpha value is -4.49. The summed E-state index contributed by atoms with van der Waals surface area (Å²) < 4.78 is 32.7. The summed E-state index contributed by atoms with van der Waals surface area (Å²) in [5, 5.41) is 25.0. The molecule has 3 aromatic carbocycles. The van der Waals surface area contributed by atoms with Gasteiger partial charge in [0.15, 0.2) is 11.5 Å². The van der Waals surface area contributed by atoms with Gasteiger partial charge in [-0.3, -0.25) is 4.79 Å². The van der Waals surface area contributed by atoms with Gasteiger partial charge < -0.3 is 43.6 Å². The summed E-state index contributed by atoms with van der Waals surface area (Å²) in [6, 6.07) is 19.4.